The molecule has 1 N–H and O–H groups in total. The largest absolute Gasteiger partial charge is 0.493 e. The molecule has 0 aliphatic heterocycles. The molecule has 1 heterocycles. The first-order chi connectivity index (χ1) is 9.76. The molecule has 0 saturated carbocycles. The molecule has 20 heavy (non-hydrogen) atoms. The lowest BCUT2D eigenvalue weighted by molar-refractivity contribution is 0.354. The molecule has 0 bridgehead atoms. The van der Waals surface area contributed by atoms with Crippen LogP contribution in [0.25, 0.3) is 0 Å². The van der Waals surface area contributed by atoms with Crippen molar-refractivity contribution in [2.75, 3.05) is 27.8 Å². The first-order valence-corrected chi connectivity index (χ1v) is 7.25. The van der Waals surface area contributed by atoms with Crippen LogP contribution in [0.4, 0.5) is 0 Å². The number of rotatable bonds is 7. The molecule has 0 aliphatic rings. The highest BCUT2D eigenvalue weighted by Gasteiger charge is 2.08. The fourth-order valence-corrected chi connectivity index (χ4v) is 2.74. The molecule has 6 heteroatoms. The van der Waals surface area contributed by atoms with Crippen molar-refractivity contribution >= 4 is 11.3 Å². The van der Waals surface area contributed by atoms with Crippen LogP contribution in [0.15, 0.2) is 18.2 Å². The van der Waals surface area contributed by atoms with Crippen LogP contribution in [0.1, 0.15) is 15.6 Å². The fourth-order valence-electron chi connectivity index (χ4n) is 1.86. The number of aromatic nitrogens is 2. The lowest BCUT2D eigenvalue weighted by atomic mass is 10.1. The van der Waals surface area contributed by atoms with Gasteiger partial charge in [0, 0.05) is 19.4 Å². The average molecular weight is 293 g/mol. The fraction of sp³-hybridized carbons (Fsp3) is 0.429. The predicted octanol–water partition coefficient (Wildman–Crippen LogP) is 1.91. The van der Waals surface area contributed by atoms with Gasteiger partial charge in [-0.2, -0.15) is 0 Å². The summed E-state index contributed by atoms with van der Waals surface area (Å²) in [5.74, 6) is 1.48. The molecule has 1 aromatic carbocycles. The van der Waals surface area contributed by atoms with Gasteiger partial charge in [0.05, 0.1) is 14.2 Å². The Morgan fingerprint density at radius 2 is 1.85 bits per heavy atom. The van der Waals surface area contributed by atoms with Gasteiger partial charge in [0.2, 0.25) is 0 Å². The lowest BCUT2D eigenvalue weighted by Crippen LogP contribution is -2.09. The van der Waals surface area contributed by atoms with Crippen LogP contribution in [0.2, 0.25) is 0 Å². The predicted molar refractivity (Wildman–Crippen MR) is 79.9 cm³/mol. The second-order valence-electron chi connectivity index (χ2n) is 4.31. The molecule has 0 fully saturated rings. The highest BCUT2D eigenvalue weighted by Crippen LogP contribution is 2.28. The summed E-state index contributed by atoms with van der Waals surface area (Å²) in [6, 6.07) is 5.92. The van der Waals surface area contributed by atoms with E-state index in [0.29, 0.717) is 0 Å². The van der Waals surface area contributed by atoms with Gasteiger partial charge in [0.15, 0.2) is 11.5 Å². The summed E-state index contributed by atoms with van der Waals surface area (Å²) in [5, 5.41) is 13.6. The molecule has 5 nitrogen and oxygen atoms in total. The normalized spacial score (nSPS) is 10.6. The quantitative estimate of drug-likeness (QED) is 0.845. The summed E-state index contributed by atoms with van der Waals surface area (Å²) in [6.07, 6.45) is 1.68. The zero-order valence-electron chi connectivity index (χ0n) is 12.0. The Bertz CT molecular complexity index is 557. The van der Waals surface area contributed by atoms with Crippen molar-refractivity contribution in [3.63, 3.8) is 0 Å². The summed E-state index contributed by atoms with van der Waals surface area (Å²) in [6.45, 7) is 0.922. The van der Waals surface area contributed by atoms with E-state index in [2.05, 4.69) is 15.5 Å². The topological polar surface area (TPSA) is 56.3 Å². The maximum absolute atomic E-state index is 5.31. The van der Waals surface area contributed by atoms with Crippen molar-refractivity contribution in [3.8, 4) is 11.5 Å². The van der Waals surface area contributed by atoms with Gasteiger partial charge >= 0.3 is 0 Å². The Labute approximate surface area is 123 Å². The number of methoxy groups -OCH3 is 2. The molecule has 2 rings (SSSR count). The Morgan fingerprint density at radius 1 is 1.10 bits per heavy atom. The van der Waals surface area contributed by atoms with Crippen LogP contribution in [-0.2, 0) is 12.8 Å². The lowest BCUT2D eigenvalue weighted by Gasteiger charge is -2.08. The molecule has 1 aromatic heterocycles. The van der Waals surface area contributed by atoms with Crippen LogP contribution in [-0.4, -0.2) is 38.0 Å². The maximum Gasteiger partial charge on any atom is 0.160 e. The van der Waals surface area contributed by atoms with Gasteiger partial charge < -0.3 is 14.8 Å². The Kier molecular flexibility index (Phi) is 5.31. The van der Waals surface area contributed by atoms with Gasteiger partial charge in [-0.1, -0.05) is 6.07 Å². The molecule has 0 radical (unpaired) electrons. The zero-order valence-corrected chi connectivity index (χ0v) is 12.8. The van der Waals surface area contributed by atoms with Crippen molar-refractivity contribution < 1.29 is 9.47 Å². The molecule has 0 atom stereocenters. The van der Waals surface area contributed by atoms with Gasteiger partial charge in [0.1, 0.15) is 10.0 Å². The van der Waals surface area contributed by atoms with E-state index >= 15 is 0 Å². The highest BCUT2D eigenvalue weighted by molar-refractivity contribution is 7.11. The van der Waals surface area contributed by atoms with Gasteiger partial charge in [-0.3, -0.25) is 0 Å². The average Bonchev–Trinajstić information content (AvgIpc) is 2.92. The van der Waals surface area contributed by atoms with E-state index in [1.807, 2.05) is 25.2 Å². The second-order valence-corrected chi connectivity index (χ2v) is 5.46. The van der Waals surface area contributed by atoms with E-state index < -0.39 is 0 Å². The first-order valence-electron chi connectivity index (χ1n) is 6.43. The van der Waals surface area contributed by atoms with Crippen molar-refractivity contribution in [1.29, 1.82) is 0 Å². The second kappa shape index (κ2) is 7.21. The Balaban J connectivity index is 2.07. The monoisotopic (exact) mass is 293 g/mol. The van der Waals surface area contributed by atoms with Gasteiger partial charge in [-0.05, 0) is 24.7 Å². The van der Waals surface area contributed by atoms with Crippen molar-refractivity contribution in [2.24, 2.45) is 0 Å². The summed E-state index contributed by atoms with van der Waals surface area (Å²) >= 11 is 1.66. The third-order valence-electron chi connectivity index (χ3n) is 2.90. The summed E-state index contributed by atoms with van der Waals surface area (Å²) in [7, 11) is 5.21. The minimum Gasteiger partial charge on any atom is -0.493 e. The van der Waals surface area contributed by atoms with E-state index in [4.69, 9.17) is 9.47 Å². The first kappa shape index (κ1) is 14.7. The molecule has 108 valence electrons. The minimum atomic E-state index is 0.739. The van der Waals surface area contributed by atoms with E-state index in [1.165, 1.54) is 0 Å². The number of nitrogens with zero attached hydrogens (tertiary/aromatic N) is 2. The van der Waals surface area contributed by atoms with Crippen LogP contribution < -0.4 is 14.8 Å². The smallest absolute Gasteiger partial charge is 0.160 e. The van der Waals surface area contributed by atoms with Crippen LogP contribution in [0.3, 0.4) is 0 Å². The van der Waals surface area contributed by atoms with Crippen LogP contribution in [0, 0.1) is 0 Å². The summed E-state index contributed by atoms with van der Waals surface area (Å²) in [4.78, 5) is 0. The summed E-state index contributed by atoms with van der Waals surface area (Å²) in [5.41, 5.74) is 1.14. The van der Waals surface area contributed by atoms with Crippen molar-refractivity contribution in [3.05, 3.63) is 33.8 Å². The van der Waals surface area contributed by atoms with Crippen molar-refractivity contribution in [1.82, 2.24) is 15.5 Å². The van der Waals surface area contributed by atoms with E-state index in [9.17, 15) is 0 Å². The molecular weight excluding hydrogens is 274 g/mol. The van der Waals surface area contributed by atoms with Crippen LogP contribution in [0.5, 0.6) is 11.5 Å². The maximum atomic E-state index is 5.31. The molecular formula is C14H19N3O2S. The Hall–Kier alpha value is -1.66. The number of ether oxygens (including phenoxy) is 2. The van der Waals surface area contributed by atoms with Crippen molar-refractivity contribution in [2.45, 2.75) is 12.8 Å². The minimum absolute atomic E-state index is 0.739. The number of benzene rings is 1. The molecule has 0 unspecified atom stereocenters. The molecule has 0 saturated heterocycles. The van der Waals surface area contributed by atoms with E-state index in [1.54, 1.807) is 25.6 Å². The van der Waals surface area contributed by atoms with Gasteiger partial charge in [-0.25, -0.2) is 0 Å². The molecule has 0 spiro atoms. The third kappa shape index (κ3) is 3.68. The molecule has 0 aliphatic carbocycles. The Morgan fingerprint density at radius 3 is 2.55 bits per heavy atom. The number of hydrogen-bond donors (Lipinski definition) is 1. The van der Waals surface area contributed by atoms with Gasteiger partial charge in [-0.15, -0.1) is 21.5 Å². The standard InChI is InChI=1S/C14H19N3O2S/c1-15-7-6-13-16-17-14(20-13)9-10-4-5-11(18-2)12(8-10)19-3/h4-5,8,15H,6-7,9H2,1-3H3. The third-order valence-corrected chi connectivity index (χ3v) is 3.88. The number of hydrogen-bond acceptors (Lipinski definition) is 6. The van der Waals surface area contributed by atoms with Crippen LogP contribution >= 0.6 is 11.3 Å². The SMILES string of the molecule is CNCCc1nnc(Cc2ccc(OC)c(OC)c2)s1. The van der Waals surface area contributed by atoms with E-state index in [-0.39, 0.29) is 0 Å². The zero-order chi connectivity index (χ0) is 14.4. The number of nitrogens with one attached hydrogen (secondary N) is 1. The highest BCUT2D eigenvalue weighted by atomic mass is 32.1. The van der Waals surface area contributed by atoms with E-state index in [0.717, 1.165) is 46.5 Å². The molecule has 2 aromatic rings. The number of likely N-dealkylation sites (N-methyl/N-ethyl adjacent to an activating group) is 1. The van der Waals surface area contributed by atoms with Gasteiger partial charge in [0.25, 0.3) is 0 Å². The molecule has 0 amide bonds. The summed E-state index contributed by atoms with van der Waals surface area (Å²) < 4.78 is 10.5.